The minimum atomic E-state index is -3.28. The highest BCUT2D eigenvalue weighted by molar-refractivity contribution is 7.89. The molecule has 0 N–H and O–H groups in total. The minimum absolute atomic E-state index is 0.0309. The number of rotatable bonds is 10. The molecular formula is C30H35N3O7S2. The second-order valence-corrected chi connectivity index (χ2v) is 13.8. The fourth-order valence-corrected chi connectivity index (χ4v) is 8.64. The lowest BCUT2D eigenvalue weighted by Gasteiger charge is -2.29. The van der Waals surface area contributed by atoms with Crippen LogP contribution in [0.1, 0.15) is 42.1 Å². The van der Waals surface area contributed by atoms with E-state index in [9.17, 15) is 13.2 Å². The number of methoxy groups -OCH3 is 1. The van der Waals surface area contributed by atoms with Crippen LogP contribution in [-0.4, -0.2) is 67.5 Å². The van der Waals surface area contributed by atoms with Gasteiger partial charge in [0.15, 0.2) is 0 Å². The number of benzene rings is 1. The van der Waals surface area contributed by atoms with E-state index < -0.39 is 10.0 Å². The summed E-state index contributed by atoms with van der Waals surface area (Å²) in [5.74, 6) is 1.36. The molecule has 0 spiro atoms. The van der Waals surface area contributed by atoms with Gasteiger partial charge in [0, 0.05) is 55.7 Å². The van der Waals surface area contributed by atoms with E-state index in [1.54, 1.807) is 17.9 Å². The molecule has 2 aliphatic rings. The lowest BCUT2D eigenvalue weighted by molar-refractivity contribution is -0.0699. The molecule has 12 heteroatoms. The molecule has 2 saturated heterocycles. The van der Waals surface area contributed by atoms with Crippen molar-refractivity contribution in [3.8, 4) is 16.5 Å². The molecule has 0 bridgehead atoms. The number of thiophene rings is 1. The number of pyridine rings is 1. The van der Waals surface area contributed by atoms with Crippen molar-refractivity contribution in [2.24, 2.45) is 0 Å². The van der Waals surface area contributed by atoms with Gasteiger partial charge in [0.1, 0.15) is 12.0 Å². The van der Waals surface area contributed by atoms with E-state index in [4.69, 9.17) is 18.6 Å². The molecule has 3 aromatic heterocycles. The van der Waals surface area contributed by atoms with Crippen molar-refractivity contribution >= 4 is 31.4 Å². The molecule has 42 heavy (non-hydrogen) atoms. The molecule has 224 valence electrons. The van der Waals surface area contributed by atoms with Gasteiger partial charge in [-0.2, -0.15) is 0 Å². The van der Waals surface area contributed by atoms with Crippen molar-refractivity contribution in [1.82, 2.24) is 13.9 Å². The summed E-state index contributed by atoms with van der Waals surface area (Å²) < 4.78 is 52.6. The monoisotopic (exact) mass is 613 g/mol. The second kappa shape index (κ2) is 12.3. The lowest BCUT2D eigenvalue weighted by atomic mass is 9.99. The topological polar surface area (TPSA) is 113 Å². The number of aryl methyl sites for hydroxylation is 1. The Balaban J connectivity index is 1.44. The predicted molar refractivity (Wildman–Crippen MR) is 161 cm³/mol. The first-order valence-electron chi connectivity index (χ1n) is 14.2. The molecular weight excluding hydrogens is 578 g/mol. The van der Waals surface area contributed by atoms with E-state index in [1.807, 2.05) is 37.4 Å². The molecule has 1 atom stereocenters. The van der Waals surface area contributed by atoms with Crippen molar-refractivity contribution in [3.05, 3.63) is 70.0 Å². The summed E-state index contributed by atoms with van der Waals surface area (Å²) in [6.07, 6.45) is 7.37. The maximum atomic E-state index is 13.9. The van der Waals surface area contributed by atoms with Gasteiger partial charge in [-0.25, -0.2) is 17.7 Å². The Morgan fingerprint density at radius 2 is 2.00 bits per heavy atom. The van der Waals surface area contributed by atoms with Gasteiger partial charge in [-0.15, -0.1) is 11.3 Å². The van der Waals surface area contributed by atoms with Crippen LogP contribution in [0.5, 0.6) is 5.75 Å². The molecule has 2 fully saturated rings. The Kier molecular flexibility index (Phi) is 8.51. The Labute approximate surface area is 248 Å². The molecule has 1 aromatic carbocycles. The van der Waals surface area contributed by atoms with Crippen LogP contribution < -0.4 is 10.3 Å². The second-order valence-electron chi connectivity index (χ2n) is 10.7. The molecule has 0 radical (unpaired) electrons. The van der Waals surface area contributed by atoms with Crippen molar-refractivity contribution in [2.45, 2.75) is 51.4 Å². The highest BCUT2D eigenvalue weighted by Crippen LogP contribution is 2.40. The Morgan fingerprint density at radius 1 is 1.19 bits per heavy atom. The number of sulfonamides is 1. The predicted octanol–water partition coefficient (Wildman–Crippen LogP) is 4.55. The summed E-state index contributed by atoms with van der Waals surface area (Å²) in [4.78, 5) is 19.1. The smallest absolute Gasteiger partial charge is 0.259 e. The third-order valence-corrected chi connectivity index (χ3v) is 11.4. The fourth-order valence-electron chi connectivity index (χ4n) is 5.87. The summed E-state index contributed by atoms with van der Waals surface area (Å²) in [7, 11) is -1.63. The van der Waals surface area contributed by atoms with Crippen LogP contribution in [0.2, 0.25) is 0 Å². The number of fused-ring (bicyclic) bond motifs is 1. The fraction of sp³-hybridized carbons (Fsp3) is 0.467. The van der Waals surface area contributed by atoms with Gasteiger partial charge in [0.2, 0.25) is 15.9 Å². The minimum Gasteiger partial charge on any atom is -0.496 e. The van der Waals surface area contributed by atoms with E-state index in [2.05, 4.69) is 4.98 Å². The molecule has 6 rings (SSSR count). The molecule has 0 amide bonds. The van der Waals surface area contributed by atoms with Gasteiger partial charge in [-0.3, -0.25) is 4.79 Å². The first-order valence-corrected chi connectivity index (χ1v) is 16.7. The van der Waals surface area contributed by atoms with E-state index in [0.29, 0.717) is 43.9 Å². The number of hydrogen-bond acceptors (Lipinski definition) is 9. The van der Waals surface area contributed by atoms with E-state index >= 15 is 0 Å². The number of ether oxygens (including phenoxy) is 3. The van der Waals surface area contributed by atoms with E-state index in [1.165, 1.54) is 21.9 Å². The Hall–Kier alpha value is -3.03. The van der Waals surface area contributed by atoms with E-state index in [0.717, 1.165) is 44.9 Å². The normalized spacial score (nSPS) is 18.5. The average molecular weight is 614 g/mol. The number of nitrogens with zero attached hydrogens (tertiary/aromatic N) is 3. The van der Waals surface area contributed by atoms with Gasteiger partial charge in [0.25, 0.3) is 5.56 Å². The number of hydrogen-bond donors (Lipinski definition) is 0. The maximum Gasteiger partial charge on any atom is 0.259 e. The van der Waals surface area contributed by atoms with Gasteiger partial charge in [-0.1, -0.05) is 18.2 Å². The van der Waals surface area contributed by atoms with E-state index in [-0.39, 0.29) is 36.6 Å². The largest absolute Gasteiger partial charge is 0.496 e. The first kappa shape index (κ1) is 29.1. The zero-order valence-corrected chi connectivity index (χ0v) is 25.4. The van der Waals surface area contributed by atoms with Crippen LogP contribution in [0.3, 0.4) is 0 Å². The molecule has 2 aliphatic heterocycles. The van der Waals surface area contributed by atoms with Crippen LogP contribution in [0.15, 0.2) is 52.1 Å². The highest BCUT2D eigenvalue weighted by atomic mass is 32.2. The third kappa shape index (κ3) is 5.78. The number of aromatic nitrogens is 2. The Bertz CT molecular complexity index is 1710. The lowest BCUT2D eigenvalue weighted by Crippen LogP contribution is -2.32. The zero-order chi connectivity index (χ0) is 29.3. The van der Waals surface area contributed by atoms with Crippen molar-refractivity contribution in [3.63, 3.8) is 0 Å². The molecule has 0 unspecified atom stereocenters. The van der Waals surface area contributed by atoms with Crippen LogP contribution in [0, 0.1) is 6.92 Å². The van der Waals surface area contributed by atoms with Crippen molar-refractivity contribution < 1.29 is 27.0 Å². The first-order chi connectivity index (χ1) is 20.4. The number of para-hydroxylation sites is 1. The molecule has 4 aromatic rings. The quantitative estimate of drug-likeness (QED) is 0.256. The molecule has 10 nitrogen and oxygen atoms in total. The molecule has 0 saturated carbocycles. The third-order valence-electron chi connectivity index (χ3n) is 8.06. The summed E-state index contributed by atoms with van der Waals surface area (Å²) in [6, 6.07) is 7.86. The average Bonchev–Trinajstić information content (AvgIpc) is 3.73. The maximum absolute atomic E-state index is 13.9. The molecule has 5 heterocycles. The Morgan fingerprint density at radius 3 is 2.71 bits per heavy atom. The van der Waals surface area contributed by atoms with Gasteiger partial charge >= 0.3 is 0 Å². The summed E-state index contributed by atoms with van der Waals surface area (Å²) >= 11 is 1.48. The van der Waals surface area contributed by atoms with Gasteiger partial charge in [-0.05, 0) is 43.4 Å². The SMILES string of the molecule is COc1ccccc1[C@H](Cc1cn(CCN2CCCS2(=O)=O)c(=O)c2c(C)c(-c3ncco3)sc12)OC1CCOCC1. The standard InChI is InChI=1S/C30H35N3O7S2/c1-20-26-28(41-27(20)29-31-10-16-39-29)21(19-32(30(26)34)12-13-33-11-5-17-42(33,35)36)18-25(40-22-8-14-38-15-9-22)23-6-3-4-7-24(23)37-2/h3-4,6-7,10,16,19,22,25H,5,8-9,11-15,17-18H2,1-2H3/t25-/m0/s1. The van der Waals surface area contributed by atoms with Crippen LogP contribution >= 0.6 is 11.3 Å². The number of oxazole rings is 1. The van der Waals surface area contributed by atoms with Crippen molar-refractivity contribution in [2.75, 3.05) is 39.2 Å². The van der Waals surface area contributed by atoms with Crippen molar-refractivity contribution in [1.29, 1.82) is 0 Å². The van der Waals surface area contributed by atoms with Crippen LogP contribution in [-0.2, 0) is 32.5 Å². The summed E-state index contributed by atoms with van der Waals surface area (Å²) in [5, 5.41) is 0.597. The summed E-state index contributed by atoms with van der Waals surface area (Å²) in [6.45, 7) is 4.20. The van der Waals surface area contributed by atoms with Crippen LogP contribution in [0.4, 0.5) is 0 Å². The van der Waals surface area contributed by atoms with Gasteiger partial charge in [0.05, 0.1) is 41.5 Å². The molecule has 0 aliphatic carbocycles. The highest BCUT2D eigenvalue weighted by Gasteiger charge is 2.29. The van der Waals surface area contributed by atoms with Crippen LogP contribution in [0.25, 0.3) is 20.9 Å². The summed E-state index contributed by atoms with van der Waals surface area (Å²) in [5.41, 5.74) is 2.51. The van der Waals surface area contributed by atoms with Gasteiger partial charge < -0.3 is 23.2 Å². The zero-order valence-electron chi connectivity index (χ0n) is 23.8.